The summed E-state index contributed by atoms with van der Waals surface area (Å²) >= 11 is 0. The largest absolute Gasteiger partial charge is 0.465 e. The van der Waals surface area contributed by atoms with Gasteiger partial charge >= 0.3 is 5.97 Å². The first-order valence-electron chi connectivity index (χ1n) is 13.7. The Balaban J connectivity index is 0.00000353. The van der Waals surface area contributed by atoms with Gasteiger partial charge in [0, 0.05) is 24.7 Å². The van der Waals surface area contributed by atoms with Crippen LogP contribution in [-0.4, -0.2) is 66.7 Å². The molecule has 1 spiro atoms. The number of amides is 1. The van der Waals surface area contributed by atoms with Gasteiger partial charge in [-0.1, -0.05) is 86.3 Å². The van der Waals surface area contributed by atoms with Gasteiger partial charge in [-0.25, -0.2) is 0 Å². The number of rotatable bonds is 9. The van der Waals surface area contributed by atoms with E-state index in [9.17, 15) is 9.59 Å². The highest BCUT2D eigenvalue weighted by molar-refractivity contribution is 5.95. The molecule has 0 unspecified atom stereocenters. The Hall–Kier alpha value is -3.64. The van der Waals surface area contributed by atoms with Gasteiger partial charge in [-0.3, -0.25) is 9.59 Å². The molecule has 0 atom stereocenters. The number of carbonyl (C=O) groups excluding carboxylic acids is 2. The number of hydrogen-bond acceptors (Lipinski definition) is 5. The van der Waals surface area contributed by atoms with Gasteiger partial charge in [-0.2, -0.15) is 0 Å². The van der Waals surface area contributed by atoms with E-state index < -0.39 is 5.54 Å². The van der Waals surface area contributed by atoms with Gasteiger partial charge in [0.25, 0.3) is 5.91 Å². The summed E-state index contributed by atoms with van der Waals surface area (Å²) in [7, 11) is 0. The third-order valence-electron chi connectivity index (χ3n) is 8.03. The number of ether oxygens (including phenoxy) is 1. The van der Waals surface area contributed by atoms with Crippen LogP contribution in [-0.2, 0) is 14.3 Å². The molecule has 0 saturated carbocycles. The van der Waals surface area contributed by atoms with Crippen LogP contribution in [0.15, 0.2) is 91.0 Å². The normalized spacial score (nSPS) is 16.9. The summed E-state index contributed by atoms with van der Waals surface area (Å²) in [6, 6.07) is 31.6. The van der Waals surface area contributed by atoms with Crippen molar-refractivity contribution in [2.24, 2.45) is 0 Å². The van der Waals surface area contributed by atoms with Gasteiger partial charge in [0.15, 0.2) is 0 Å². The Labute approximate surface area is 233 Å². The van der Waals surface area contributed by atoms with E-state index >= 15 is 0 Å². The molecule has 2 fully saturated rings. The summed E-state index contributed by atoms with van der Waals surface area (Å²) in [5.74, 6) is 0.0269. The standard InChI is InChI=1S/C32H37N3O3.CH4/c1-2-38-30(36)24-34-25-35(28-16-10-5-11-17-28)32(31(34)37)19-22-33(23-20-32)21-18-29(26-12-6-3-7-13-26)27-14-8-4-9-15-27;/h3-17,29H,2,18-25H2,1H3;1H4. The van der Waals surface area contributed by atoms with Gasteiger partial charge in [0.2, 0.25) is 0 Å². The molecule has 0 radical (unpaired) electrons. The molecule has 6 heteroatoms. The van der Waals surface area contributed by atoms with Gasteiger partial charge in [0.05, 0.1) is 13.3 Å². The molecule has 2 saturated heterocycles. The van der Waals surface area contributed by atoms with Crippen molar-refractivity contribution in [3.05, 3.63) is 102 Å². The molecule has 0 aromatic heterocycles. The number of esters is 1. The van der Waals surface area contributed by atoms with Crippen LogP contribution in [0.1, 0.15) is 50.7 Å². The molecule has 0 bridgehead atoms. The number of likely N-dealkylation sites (tertiary alicyclic amines) is 1. The lowest BCUT2D eigenvalue weighted by Gasteiger charge is -2.43. The van der Waals surface area contributed by atoms with Crippen molar-refractivity contribution < 1.29 is 14.3 Å². The molecule has 1 amide bonds. The summed E-state index contributed by atoms with van der Waals surface area (Å²) < 4.78 is 5.15. The van der Waals surface area contributed by atoms with Crippen molar-refractivity contribution >= 4 is 17.6 Å². The van der Waals surface area contributed by atoms with Gasteiger partial charge < -0.3 is 19.4 Å². The summed E-state index contributed by atoms with van der Waals surface area (Å²) in [5, 5.41) is 0. The van der Waals surface area contributed by atoms with E-state index in [0.717, 1.165) is 44.6 Å². The Morgan fingerprint density at radius 1 is 0.872 bits per heavy atom. The second kappa shape index (κ2) is 12.9. The molecular weight excluding hydrogens is 486 g/mol. The second-order valence-corrected chi connectivity index (χ2v) is 10.2. The smallest absolute Gasteiger partial charge is 0.325 e. The van der Waals surface area contributed by atoms with Crippen LogP contribution < -0.4 is 4.90 Å². The van der Waals surface area contributed by atoms with Gasteiger partial charge in [-0.05, 0) is 56.0 Å². The summed E-state index contributed by atoms with van der Waals surface area (Å²) in [6.07, 6.45) is 2.50. The number of piperidine rings is 1. The van der Waals surface area contributed by atoms with E-state index in [0.29, 0.717) is 19.2 Å². The van der Waals surface area contributed by atoms with Crippen molar-refractivity contribution in [2.75, 3.05) is 44.4 Å². The highest BCUT2D eigenvalue weighted by Crippen LogP contribution is 2.40. The molecule has 206 valence electrons. The number of anilines is 1. The predicted molar refractivity (Wildman–Crippen MR) is 157 cm³/mol. The fraction of sp³-hybridized carbons (Fsp3) is 0.394. The molecular formula is C33H41N3O3. The molecule has 0 aliphatic carbocycles. The predicted octanol–water partition coefficient (Wildman–Crippen LogP) is 5.55. The molecule has 3 aromatic carbocycles. The van der Waals surface area contributed by atoms with E-state index in [2.05, 4.69) is 82.6 Å². The minimum Gasteiger partial charge on any atom is -0.465 e. The van der Waals surface area contributed by atoms with E-state index in [1.54, 1.807) is 11.8 Å². The highest BCUT2D eigenvalue weighted by atomic mass is 16.5. The van der Waals surface area contributed by atoms with Crippen LogP contribution in [0, 0.1) is 0 Å². The van der Waals surface area contributed by atoms with Crippen molar-refractivity contribution in [3.8, 4) is 0 Å². The molecule has 0 N–H and O–H groups in total. The van der Waals surface area contributed by atoms with Crippen LogP contribution in [0.4, 0.5) is 5.69 Å². The third kappa shape index (κ3) is 6.17. The monoisotopic (exact) mass is 527 g/mol. The molecule has 6 nitrogen and oxygen atoms in total. The van der Waals surface area contributed by atoms with Crippen LogP contribution in [0.5, 0.6) is 0 Å². The Bertz CT molecular complexity index is 1160. The number of carbonyl (C=O) groups is 2. The minimum atomic E-state index is -0.622. The minimum absolute atomic E-state index is 0. The first kappa shape index (κ1) is 28.4. The summed E-state index contributed by atoms with van der Waals surface area (Å²) in [5.41, 5.74) is 3.07. The average Bonchev–Trinajstić information content (AvgIpc) is 3.22. The Morgan fingerprint density at radius 3 is 1.95 bits per heavy atom. The van der Waals surface area contributed by atoms with E-state index in [1.165, 1.54) is 11.1 Å². The van der Waals surface area contributed by atoms with Crippen LogP contribution >= 0.6 is 0 Å². The molecule has 3 aromatic rings. The van der Waals surface area contributed by atoms with Crippen molar-refractivity contribution in [2.45, 2.75) is 45.1 Å². The lowest BCUT2D eigenvalue weighted by molar-refractivity contribution is -0.148. The maximum absolute atomic E-state index is 13.8. The zero-order chi connectivity index (χ0) is 26.4. The average molecular weight is 528 g/mol. The fourth-order valence-electron chi connectivity index (χ4n) is 6.04. The summed E-state index contributed by atoms with van der Waals surface area (Å²) in [4.78, 5) is 32.4. The zero-order valence-corrected chi connectivity index (χ0v) is 22.2. The lowest BCUT2D eigenvalue weighted by Crippen LogP contribution is -2.56. The third-order valence-corrected chi connectivity index (χ3v) is 8.03. The van der Waals surface area contributed by atoms with E-state index in [1.807, 2.05) is 18.2 Å². The summed E-state index contributed by atoms with van der Waals surface area (Å²) in [6.45, 7) is 5.17. The topological polar surface area (TPSA) is 53.1 Å². The maximum atomic E-state index is 13.8. The second-order valence-electron chi connectivity index (χ2n) is 10.2. The molecule has 2 aliphatic heterocycles. The quantitative estimate of drug-likeness (QED) is 0.342. The number of para-hydroxylation sites is 1. The van der Waals surface area contributed by atoms with Gasteiger partial charge in [0.1, 0.15) is 12.1 Å². The van der Waals surface area contributed by atoms with Gasteiger partial charge in [-0.15, -0.1) is 0 Å². The zero-order valence-electron chi connectivity index (χ0n) is 22.2. The Kier molecular flexibility index (Phi) is 9.41. The lowest BCUT2D eigenvalue weighted by atomic mass is 9.84. The molecule has 2 heterocycles. The van der Waals surface area contributed by atoms with Crippen LogP contribution in [0.3, 0.4) is 0 Å². The SMILES string of the molecule is C.CCOC(=O)CN1CN(c2ccccc2)C2(CCN(CCC(c3ccccc3)c3ccccc3)CC2)C1=O. The fourth-order valence-corrected chi connectivity index (χ4v) is 6.04. The highest BCUT2D eigenvalue weighted by Gasteiger charge is 2.54. The first-order chi connectivity index (χ1) is 18.6. The van der Waals surface area contributed by atoms with E-state index in [-0.39, 0.29) is 25.8 Å². The van der Waals surface area contributed by atoms with Crippen molar-refractivity contribution in [1.82, 2.24) is 9.80 Å². The number of nitrogens with zero attached hydrogens (tertiary/aromatic N) is 3. The number of benzene rings is 3. The Morgan fingerprint density at radius 2 is 1.41 bits per heavy atom. The van der Waals surface area contributed by atoms with Crippen molar-refractivity contribution in [3.63, 3.8) is 0 Å². The van der Waals surface area contributed by atoms with E-state index in [4.69, 9.17) is 4.74 Å². The van der Waals surface area contributed by atoms with Crippen LogP contribution in [0.25, 0.3) is 0 Å². The maximum Gasteiger partial charge on any atom is 0.325 e. The van der Waals surface area contributed by atoms with Crippen molar-refractivity contribution in [1.29, 1.82) is 0 Å². The first-order valence-corrected chi connectivity index (χ1v) is 13.7. The van der Waals surface area contributed by atoms with Crippen LogP contribution in [0.2, 0.25) is 0 Å². The number of hydrogen-bond donors (Lipinski definition) is 0. The molecule has 39 heavy (non-hydrogen) atoms. The molecule has 5 rings (SSSR count). The molecule has 2 aliphatic rings.